The van der Waals surface area contributed by atoms with E-state index in [0.29, 0.717) is 17.3 Å². The lowest BCUT2D eigenvalue weighted by Gasteiger charge is -2.26. The standard InChI is InChI=1S/C22H26ClN3O3/c1-16-6-8-18(9-7-16)14-26-22(23)19(17(2)24-26)10-11-21(28)29-15-20(27)25-12-4-3-5-13-25/h6-11H,3-5,12-15H2,1-2H3/b11-10+. The van der Waals surface area contributed by atoms with E-state index >= 15 is 0 Å². The van der Waals surface area contributed by atoms with Gasteiger partial charge in [0.2, 0.25) is 0 Å². The average molecular weight is 416 g/mol. The van der Waals surface area contributed by atoms with Gasteiger partial charge in [0.1, 0.15) is 5.15 Å². The summed E-state index contributed by atoms with van der Waals surface area (Å²) in [6, 6.07) is 8.16. The summed E-state index contributed by atoms with van der Waals surface area (Å²) in [5, 5.41) is 4.92. The molecule has 0 bridgehead atoms. The van der Waals surface area contributed by atoms with Gasteiger partial charge >= 0.3 is 5.97 Å². The number of rotatable bonds is 6. The van der Waals surface area contributed by atoms with E-state index in [0.717, 1.165) is 43.6 Å². The van der Waals surface area contributed by atoms with Crippen LogP contribution in [-0.4, -0.2) is 46.3 Å². The van der Waals surface area contributed by atoms with Gasteiger partial charge in [-0.05, 0) is 44.7 Å². The largest absolute Gasteiger partial charge is 0.452 e. The fourth-order valence-electron chi connectivity index (χ4n) is 3.29. The zero-order chi connectivity index (χ0) is 20.8. The Morgan fingerprint density at radius 1 is 1.14 bits per heavy atom. The van der Waals surface area contributed by atoms with Crippen molar-refractivity contribution < 1.29 is 14.3 Å². The van der Waals surface area contributed by atoms with Gasteiger partial charge in [-0.1, -0.05) is 41.4 Å². The van der Waals surface area contributed by atoms with E-state index in [1.807, 2.05) is 38.1 Å². The van der Waals surface area contributed by atoms with Gasteiger partial charge in [0.15, 0.2) is 6.61 Å². The minimum Gasteiger partial charge on any atom is -0.452 e. The van der Waals surface area contributed by atoms with Gasteiger partial charge < -0.3 is 9.64 Å². The Morgan fingerprint density at radius 3 is 2.52 bits per heavy atom. The lowest BCUT2D eigenvalue weighted by molar-refractivity contribution is -0.148. The van der Waals surface area contributed by atoms with Gasteiger partial charge in [-0.3, -0.25) is 4.79 Å². The predicted molar refractivity (Wildman–Crippen MR) is 113 cm³/mol. The highest BCUT2D eigenvalue weighted by Gasteiger charge is 2.17. The van der Waals surface area contributed by atoms with Crippen LogP contribution in [0.5, 0.6) is 0 Å². The number of nitrogens with zero attached hydrogens (tertiary/aromatic N) is 3. The zero-order valence-corrected chi connectivity index (χ0v) is 17.6. The van der Waals surface area contributed by atoms with E-state index < -0.39 is 5.97 Å². The Balaban J connectivity index is 1.58. The number of benzene rings is 1. The molecule has 2 heterocycles. The van der Waals surface area contributed by atoms with E-state index in [2.05, 4.69) is 5.10 Å². The molecule has 0 unspecified atom stereocenters. The lowest BCUT2D eigenvalue weighted by atomic mass is 10.1. The minimum atomic E-state index is -0.572. The van der Waals surface area contributed by atoms with Gasteiger partial charge in [-0.2, -0.15) is 5.10 Å². The Labute approximate surface area is 176 Å². The maximum absolute atomic E-state index is 12.1. The normalized spacial score (nSPS) is 14.4. The van der Waals surface area contributed by atoms with Gasteiger partial charge in [0.05, 0.1) is 12.2 Å². The molecular weight excluding hydrogens is 390 g/mol. The van der Waals surface area contributed by atoms with Crippen molar-refractivity contribution in [1.29, 1.82) is 0 Å². The molecule has 6 nitrogen and oxygen atoms in total. The van der Waals surface area contributed by atoms with Gasteiger partial charge in [-0.25, -0.2) is 9.48 Å². The maximum Gasteiger partial charge on any atom is 0.331 e. The number of likely N-dealkylation sites (tertiary alicyclic amines) is 1. The number of hydrogen-bond acceptors (Lipinski definition) is 4. The van der Waals surface area contributed by atoms with Crippen LogP contribution < -0.4 is 0 Å². The van der Waals surface area contributed by atoms with Crippen LogP contribution in [-0.2, 0) is 20.9 Å². The number of carbonyl (C=O) groups excluding carboxylic acids is 2. The molecule has 0 saturated carbocycles. The van der Waals surface area contributed by atoms with Crippen LogP contribution in [0.3, 0.4) is 0 Å². The summed E-state index contributed by atoms with van der Waals surface area (Å²) in [5.41, 5.74) is 3.66. The molecule has 0 spiro atoms. The van der Waals surface area contributed by atoms with Crippen LogP contribution >= 0.6 is 11.6 Å². The first-order chi connectivity index (χ1) is 13.9. The third-order valence-corrected chi connectivity index (χ3v) is 5.39. The smallest absolute Gasteiger partial charge is 0.331 e. The first kappa shape index (κ1) is 21.1. The van der Waals surface area contributed by atoms with Crippen molar-refractivity contribution in [2.24, 2.45) is 0 Å². The van der Waals surface area contributed by atoms with E-state index in [4.69, 9.17) is 16.3 Å². The molecule has 1 aliphatic rings. The topological polar surface area (TPSA) is 64.4 Å². The first-order valence-corrected chi connectivity index (χ1v) is 10.2. The van der Waals surface area contributed by atoms with E-state index in [1.54, 1.807) is 15.7 Å². The summed E-state index contributed by atoms with van der Waals surface area (Å²) < 4.78 is 6.79. The molecule has 0 radical (unpaired) electrons. The van der Waals surface area contributed by atoms with Crippen molar-refractivity contribution >= 4 is 29.6 Å². The highest BCUT2D eigenvalue weighted by molar-refractivity contribution is 6.31. The molecule has 1 fully saturated rings. The molecule has 1 amide bonds. The second-order valence-corrected chi connectivity index (χ2v) is 7.67. The SMILES string of the molecule is Cc1ccc(Cn2nc(C)c(/C=C/C(=O)OCC(=O)N3CCCCC3)c2Cl)cc1. The number of carbonyl (C=O) groups is 2. The highest BCUT2D eigenvalue weighted by atomic mass is 35.5. The number of piperidine rings is 1. The van der Waals surface area contributed by atoms with Crippen LogP contribution in [0.2, 0.25) is 5.15 Å². The third kappa shape index (κ3) is 5.70. The number of esters is 1. The number of halogens is 1. The fourth-order valence-corrected chi connectivity index (χ4v) is 3.59. The number of hydrogen-bond donors (Lipinski definition) is 0. The molecule has 29 heavy (non-hydrogen) atoms. The maximum atomic E-state index is 12.1. The predicted octanol–water partition coefficient (Wildman–Crippen LogP) is 3.77. The third-order valence-electron chi connectivity index (χ3n) is 5.00. The molecule has 3 rings (SSSR count). The Hall–Kier alpha value is -2.60. The first-order valence-electron chi connectivity index (χ1n) is 9.85. The highest BCUT2D eigenvalue weighted by Crippen LogP contribution is 2.22. The van der Waals surface area contributed by atoms with Gasteiger partial charge in [0, 0.05) is 24.7 Å². The number of aryl methyl sites for hydroxylation is 2. The van der Waals surface area contributed by atoms with Crippen LogP contribution in [0.25, 0.3) is 6.08 Å². The second kappa shape index (κ2) is 9.74. The quantitative estimate of drug-likeness (QED) is 0.532. The van der Waals surface area contributed by atoms with Crippen molar-refractivity contribution in [2.75, 3.05) is 19.7 Å². The van der Waals surface area contributed by atoms with Gasteiger partial charge in [0.25, 0.3) is 5.91 Å². The summed E-state index contributed by atoms with van der Waals surface area (Å²) in [4.78, 5) is 25.8. The molecule has 2 aromatic rings. The summed E-state index contributed by atoms with van der Waals surface area (Å²) in [5.74, 6) is -0.719. The molecule has 0 aliphatic carbocycles. The Bertz CT molecular complexity index is 897. The van der Waals surface area contributed by atoms with Crippen molar-refractivity contribution in [2.45, 2.75) is 39.7 Å². The van der Waals surface area contributed by atoms with Crippen molar-refractivity contribution in [3.05, 3.63) is 57.9 Å². The van der Waals surface area contributed by atoms with Crippen LogP contribution in [0.1, 0.15) is 41.6 Å². The van der Waals surface area contributed by atoms with E-state index in [9.17, 15) is 9.59 Å². The molecule has 0 atom stereocenters. The van der Waals surface area contributed by atoms with Gasteiger partial charge in [-0.15, -0.1) is 0 Å². The van der Waals surface area contributed by atoms with Crippen LogP contribution in [0.4, 0.5) is 0 Å². The minimum absolute atomic E-state index is 0.147. The van der Waals surface area contributed by atoms with Crippen LogP contribution in [0.15, 0.2) is 30.3 Å². The van der Waals surface area contributed by atoms with Crippen molar-refractivity contribution in [3.8, 4) is 0 Å². The molecular formula is C22H26ClN3O3. The molecule has 1 aliphatic heterocycles. The Morgan fingerprint density at radius 2 is 1.83 bits per heavy atom. The zero-order valence-electron chi connectivity index (χ0n) is 16.9. The van der Waals surface area contributed by atoms with Crippen LogP contribution in [0, 0.1) is 13.8 Å². The molecule has 1 aromatic carbocycles. The molecule has 0 N–H and O–H groups in total. The summed E-state index contributed by atoms with van der Waals surface area (Å²) in [7, 11) is 0. The van der Waals surface area contributed by atoms with Crippen molar-refractivity contribution in [1.82, 2.24) is 14.7 Å². The Kier molecular flexibility index (Phi) is 7.09. The number of amides is 1. The van der Waals surface area contributed by atoms with Crippen molar-refractivity contribution in [3.63, 3.8) is 0 Å². The summed E-state index contributed by atoms with van der Waals surface area (Å²) >= 11 is 6.46. The molecule has 1 aromatic heterocycles. The fraction of sp³-hybridized carbons (Fsp3) is 0.409. The second-order valence-electron chi connectivity index (χ2n) is 7.32. The summed E-state index contributed by atoms with van der Waals surface area (Å²) in [6.07, 6.45) is 6.03. The number of ether oxygens (including phenoxy) is 1. The summed E-state index contributed by atoms with van der Waals surface area (Å²) in [6.45, 7) is 5.66. The molecule has 1 saturated heterocycles. The molecule has 154 valence electrons. The number of aromatic nitrogens is 2. The average Bonchev–Trinajstić information content (AvgIpc) is 2.99. The molecule has 7 heteroatoms. The van der Waals surface area contributed by atoms with E-state index in [1.165, 1.54) is 11.6 Å². The monoisotopic (exact) mass is 415 g/mol. The lowest BCUT2D eigenvalue weighted by Crippen LogP contribution is -2.38. The van der Waals surface area contributed by atoms with E-state index in [-0.39, 0.29) is 12.5 Å².